The molecule has 14 nitrogen and oxygen atoms in total. The molecule has 3 aliphatic rings. The molecule has 58 heavy (non-hydrogen) atoms. The Balaban J connectivity index is 1.08. The number of amides is 1. The van der Waals surface area contributed by atoms with E-state index in [1.54, 1.807) is 62.5 Å². The van der Waals surface area contributed by atoms with Crippen LogP contribution < -0.4 is 26.0 Å². The second kappa shape index (κ2) is 17.2. The first kappa shape index (κ1) is 40.8. The van der Waals surface area contributed by atoms with Crippen molar-refractivity contribution in [3.8, 4) is 22.7 Å². The lowest BCUT2D eigenvalue weighted by Gasteiger charge is -2.39. The molecule has 3 fully saturated rings. The van der Waals surface area contributed by atoms with E-state index in [0.29, 0.717) is 86.2 Å². The van der Waals surface area contributed by atoms with Crippen molar-refractivity contribution in [3.05, 3.63) is 77.6 Å². The number of nitrogen functional groups attached to an aromatic ring is 1. The number of carbonyl (C=O) groups excluding carboxylic acids is 3. The summed E-state index contributed by atoms with van der Waals surface area (Å²) < 4.78 is 62.4. The van der Waals surface area contributed by atoms with Gasteiger partial charge in [0.15, 0.2) is 0 Å². The van der Waals surface area contributed by atoms with E-state index in [9.17, 15) is 14.4 Å². The summed E-state index contributed by atoms with van der Waals surface area (Å²) in [5.41, 5.74) is 8.13. The normalized spacial score (nSPS) is 19.5. The van der Waals surface area contributed by atoms with E-state index in [2.05, 4.69) is 25.7 Å². The molecule has 7 rings (SSSR count). The van der Waals surface area contributed by atoms with E-state index in [1.807, 2.05) is 4.90 Å². The predicted octanol–water partition coefficient (Wildman–Crippen LogP) is 5.19. The molecule has 0 aliphatic carbocycles. The lowest BCUT2D eigenvalue weighted by Crippen LogP contribution is -2.41. The fraction of sp³-hybridized carbons (Fsp3) is 0.450. The van der Waals surface area contributed by atoms with Crippen LogP contribution in [0.15, 0.2) is 60.8 Å². The number of benzene rings is 2. The zero-order valence-corrected chi connectivity index (χ0v) is 32.9. The number of ether oxygens (including phenoxy) is 3. The number of alkyl halides is 3. The van der Waals surface area contributed by atoms with Gasteiger partial charge < -0.3 is 35.5 Å². The summed E-state index contributed by atoms with van der Waals surface area (Å²) in [6, 6.07) is 13.9. The van der Waals surface area contributed by atoms with E-state index in [4.69, 9.17) is 19.9 Å². The molecule has 3 saturated heterocycles. The molecule has 308 valence electrons. The average molecular weight is 823 g/mol. The number of hydrogen-bond acceptors (Lipinski definition) is 13. The highest BCUT2D eigenvalue weighted by molar-refractivity contribution is 8.00. The van der Waals surface area contributed by atoms with Crippen LogP contribution in [0.25, 0.3) is 16.8 Å². The smallest absolute Gasteiger partial charge is 0.429 e. The van der Waals surface area contributed by atoms with Crippen LogP contribution in [0.1, 0.15) is 60.3 Å². The number of hydrogen-bond donors (Lipinski definition) is 3. The average Bonchev–Trinajstić information content (AvgIpc) is 3.95. The van der Waals surface area contributed by atoms with Crippen LogP contribution in [0.2, 0.25) is 0 Å². The number of cyclic esters (lactones) is 1. The number of anilines is 2. The summed E-state index contributed by atoms with van der Waals surface area (Å²) in [5, 5.41) is 10.3. The highest BCUT2D eigenvalue weighted by Crippen LogP contribution is 2.43. The fourth-order valence-corrected chi connectivity index (χ4v) is 8.57. The Morgan fingerprint density at radius 2 is 1.86 bits per heavy atom. The van der Waals surface area contributed by atoms with Crippen LogP contribution in [0.4, 0.5) is 24.9 Å². The van der Waals surface area contributed by atoms with Gasteiger partial charge in [-0.1, -0.05) is 24.3 Å². The Hall–Kier alpha value is -5.36. The minimum Gasteiger partial charge on any atom is -0.465 e. The zero-order valence-electron chi connectivity index (χ0n) is 32.1. The summed E-state index contributed by atoms with van der Waals surface area (Å²) in [6.07, 6.45) is -2.99. The standard InChI is InChI=1S/C40H45F3N8O6S/c1-3-55-36(53)29-22-39(23-46-29)12-16-50(17-13-39)32-21-33(48-38(44)47-32)57-34(40(41,42)43)28-9-8-27(20-30(28)51-15-10-24(2)49-51)25-4-6-26(7-5-25)35(52)45-14-19-58-31-11-18-56-37(31)54/h4-10,15,20-21,29,31,34,46H,3,11-14,16-19,22-23H2,1-2H3,(H,45,52)(H2,44,47,48)/t29-,31?,34+/m0/s1. The number of aromatic nitrogens is 4. The van der Waals surface area contributed by atoms with Crippen LogP contribution in [0, 0.1) is 12.3 Å². The number of aryl methyl sites for hydroxylation is 1. The zero-order chi connectivity index (χ0) is 41.0. The maximum absolute atomic E-state index is 15.1. The number of halogens is 3. The SMILES string of the molecule is CCOC(=O)[C@@H]1CC2(CCN(c3cc(O[C@H](c4ccc(-c5ccc(C(=O)NCCSC6CCOC6=O)cc5)cc4-n4ccc(C)n4)C(F)(F)F)nc(N)n3)CC2)CN1. The van der Waals surface area contributed by atoms with Gasteiger partial charge in [-0.15, -0.1) is 11.8 Å². The molecule has 5 heterocycles. The lowest BCUT2D eigenvalue weighted by molar-refractivity contribution is -0.198. The molecule has 1 amide bonds. The lowest BCUT2D eigenvalue weighted by atomic mass is 9.76. The van der Waals surface area contributed by atoms with Crippen molar-refractivity contribution in [2.75, 3.05) is 55.8 Å². The Kier molecular flexibility index (Phi) is 12.1. The van der Waals surface area contributed by atoms with E-state index >= 15 is 13.2 Å². The Morgan fingerprint density at radius 3 is 2.53 bits per heavy atom. The van der Waals surface area contributed by atoms with Gasteiger partial charge in [-0.25, -0.2) is 4.68 Å². The Morgan fingerprint density at radius 1 is 1.10 bits per heavy atom. The van der Waals surface area contributed by atoms with Gasteiger partial charge in [-0.05, 0) is 73.9 Å². The van der Waals surface area contributed by atoms with Gasteiger partial charge in [-0.3, -0.25) is 14.4 Å². The number of nitrogens with two attached hydrogens (primary N) is 1. The summed E-state index contributed by atoms with van der Waals surface area (Å²) in [7, 11) is 0. The highest BCUT2D eigenvalue weighted by Gasteiger charge is 2.46. The maximum atomic E-state index is 15.1. The minimum absolute atomic E-state index is 0.106. The highest BCUT2D eigenvalue weighted by atomic mass is 32.2. The molecule has 2 aromatic heterocycles. The molecule has 0 bridgehead atoms. The van der Waals surface area contributed by atoms with Gasteiger partial charge in [0.2, 0.25) is 17.9 Å². The molecular weight excluding hydrogens is 778 g/mol. The molecule has 4 aromatic rings. The summed E-state index contributed by atoms with van der Waals surface area (Å²) >= 11 is 1.44. The maximum Gasteiger partial charge on any atom is 0.429 e. The number of nitrogens with zero attached hydrogens (tertiary/aromatic N) is 5. The first-order valence-corrected chi connectivity index (χ1v) is 20.2. The van der Waals surface area contributed by atoms with Crippen LogP contribution in [-0.4, -0.2) is 100 Å². The van der Waals surface area contributed by atoms with Crippen molar-refractivity contribution in [2.24, 2.45) is 5.41 Å². The molecule has 2 aromatic carbocycles. The topological polar surface area (TPSA) is 176 Å². The van der Waals surface area contributed by atoms with E-state index in [-0.39, 0.29) is 57.6 Å². The first-order chi connectivity index (χ1) is 27.8. The van der Waals surface area contributed by atoms with Crippen molar-refractivity contribution in [3.63, 3.8) is 0 Å². The predicted molar refractivity (Wildman–Crippen MR) is 211 cm³/mol. The van der Waals surface area contributed by atoms with Crippen LogP contribution in [-0.2, 0) is 19.1 Å². The number of esters is 2. The van der Waals surface area contributed by atoms with Crippen LogP contribution >= 0.6 is 11.8 Å². The van der Waals surface area contributed by atoms with Gasteiger partial charge in [-0.2, -0.15) is 28.2 Å². The van der Waals surface area contributed by atoms with Crippen molar-refractivity contribution in [1.29, 1.82) is 0 Å². The largest absolute Gasteiger partial charge is 0.465 e. The third kappa shape index (κ3) is 9.33. The molecule has 1 spiro atoms. The number of nitrogens with one attached hydrogen (secondary N) is 2. The third-order valence-electron chi connectivity index (χ3n) is 10.7. The monoisotopic (exact) mass is 822 g/mol. The Bertz CT molecular complexity index is 2130. The van der Waals surface area contributed by atoms with E-state index in [1.165, 1.54) is 28.6 Å². The Labute approximate surface area is 337 Å². The van der Waals surface area contributed by atoms with Crippen molar-refractivity contribution in [2.45, 2.75) is 63.1 Å². The molecule has 0 radical (unpaired) electrons. The molecule has 0 saturated carbocycles. The van der Waals surface area contributed by atoms with Gasteiger partial charge in [0.25, 0.3) is 5.91 Å². The summed E-state index contributed by atoms with van der Waals surface area (Å²) in [6.45, 7) is 6.36. The second-order valence-electron chi connectivity index (χ2n) is 14.7. The number of carbonyl (C=O) groups is 3. The second-order valence-corrected chi connectivity index (χ2v) is 16.0. The molecule has 4 N–H and O–H groups in total. The van der Waals surface area contributed by atoms with Gasteiger partial charge >= 0.3 is 18.1 Å². The molecule has 3 aliphatic heterocycles. The van der Waals surface area contributed by atoms with Crippen LogP contribution in [0.5, 0.6) is 5.88 Å². The van der Waals surface area contributed by atoms with Gasteiger partial charge in [0.05, 0.1) is 24.6 Å². The van der Waals surface area contributed by atoms with E-state index < -0.39 is 12.3 Å². The minimum atomic E-state index is -4.88. The molecule has 3 atom stereocenters. The van der Waals surface area contributed by atoms with Crippen LogP contribution in [0.3, 0.4) is 0 Å². The molecular formula is C40H45F3N8O6S. The molecule has 18 heteroatoms. The third-order valence-corrected chi connectivity index (χ3v) is 11.9. The summed E-state index contributed by atoms with van der Waals surface area (Å²) in [5.74, 6) is -0.452. The summed E-state index contributed by atoms with van der Waals surface area (Å²) in [4.78, 5) is 47.1. The number of rotatable bonds is 13. The van der Waals surface area contributed by atoms with Gasteiger partial charge in [0, 0.05) is 61.7 Å². The van der Waals surface area contributed by atoms with Crippen molar-refractivity contribution >= 4 is 41.4 Å². The van der Waals surface area contributed by atoms with E-state index in [0.717, 1.165) is 12.8 Å². The fourth-order valence-electron chi connectivity index (χ4n) is 7.60. The van der Waals surface area contributed by atoms with Crippen molar-refractivity contribution < 1.29 is 41.8 Å². The number of piperidine rings is 1. The first-order valence-electron chi connectivity index (χ1n) is 19.2. The molecule has 1 unspecified atom stereocenters. The van der Waals surface area contributed by atoms with Crippen molar-refractivity contribution in [1.82, 2.24) is 30.4 Å². The number of thioether (sulfide) groups is 1. The quantitative estimate of drug-likeness (QED) is 0.119. The van der Waals surface area contributed by atoms with Gasteiger partial charge in [0.1, 0.15) is 17.1 Å².